The maximum atomic E-state index is 12.3. The summed E-state index contributed by atoms with van der Waals surface area (Å²) in [4.78, 5) is 14.4. The number of hydrogen-bond acceptors (Lipinski definition) is 2. The summed E-state index contributed by atoms with van der Waals surface area (Å²) in [6.45, 7) is 10.5. The summed E-state index contributed by atoms with van der Waals surface area (Å²) in [5.41, 5.74) is 0. The third kappa shape index (κ3) is 2.24. The van der Waals surface area contributed by atoms with Gasteiger partial charge in [0.05, 0.1) is 5.92 Å². The molecular weight excluding hydrogens is 200 g/mol. The Hall–Kier alpha value is -0.570. The first-order valence-corrected chi connectivity index (χ1v) is 6.59. The maximum Gasteiger partial charge on any atom is 0.227 e. The number of piperidine rings is 1. The van der Waals surface area contributed by atoms with E-state index in [4.69, 9.17) is 0 Å². The van der Waals surface area contributed by atoms with Crippen molar-refractivity contribution in [3.8, 4) is 0 Å². The lowest BCUT2D eigenvalue weighted by molar-refractivity contribution is -0.138. The number of carbonyl (C=O) groups excluding carboxylic acids is 1. The molecule has 16 heavy (non-hydrogen) atoms. The van der Waals surface area contributed by atoms with E-state index in [9.17, 15) is 4.79 Å². The Bertz CT molecular complexity index is 267. The van der Waals surface area contributed by atoms with Crippen molar-refractivity contribution < 1.29 is 4.79 Å². The SMILES string of the molecule is CC1CCN(C(=O)C2CNCC2C)CC1C. The Morgan fingerprint density at radius 3 is 2.44 bits per heavy atom. The van der Waals surface area contributed by atoms with E-state index in [1.807, 2.05) is 0 Å². The normalized spacial score (nSPS) is 40.1. The average Bonchev–Trinajstić information content (AvgIpc) is 2.67. The number of nitrogens with zero attached hydrogens (tertiary/aromatic N) is 1. The van der Waals surface area contributed by atoms with E-state index in [-0.39, 0.29) is 5.92 Å². The Balaban J connectivity index is 1.95. The fourth-order valence-corrected chi connectivity index (χ4v) is 2.84. The van der Waals surface area contributed by atoms with Crippen LogP contribution in [0.3, 0.4) is 0 Å². The van der Waals surface area contributed by atoms with Gasteiger partial charge < -0.3 is 10.2 Å². The van der Waals surface area contributed by atoms with Gasteiger partial charge in [0.25, 0.3) is 0 Å². The second kappa shape index (κ2) is 4.74. The summed E-state index contributed by atoms with van der Waals surface area (Å²) in [6, 6.07) is 0. The third-order valence-electron chi connectivity index (χ3n) is 4.48. The first kappa shape index (κ1) is 11.9. The quantitative estimate of drug-likeness (QED) is 0.729. The van der Waals surface area contributed by atoms with Gasteiger partial charge in [0.2, 0.25) is 5.91 Å². The van der Waals surface area contributed by atoms with Gasteiger partial charge in [-0.1, -0.05) is 20.8 Å². The van der Waals surface area contributed by atoms with E-state index in [0.29, 0.717) is 17.7 Å². The van der Waals surface area contributed by atoms with Crippen LogP contribution in [-0.2, 0) is 4.79 Å². The Morgan fingerprint density at radius 1 is 1.12 bits per heavy atom. The van der Waals surface area contributed by atoms with Gasteiger partial charge in [-0.25, -0.2) is 0 Å². The van der Waals surface area contributed by atoms with E-state index < -0.39 is 0 Å². The van der Waals surface area contributed by atoms with E-state index in [1.54, 1.807) is 0 Å². The first-order valence-electron chi connectivity index (χ1n) is 6.59. The van der Waals surface area contributed by atoms with Crippen molar-refractivity contribution in [2.24, 2.45) is 23.7 Å². The topological polar surface area (TPSA) is 32.3 Å². The number of likely N-dealkylation sites (tertiary alicyclic amines) is 1. The molecule has 2 aliphatic rings. The molecule has 0 radical (unpaired) electrons. The molecule has 0 spiro atoms. The van der Waals surface area contributed by atoms with Crippen molar-refractivity contribution in [3.63, 3.8) is 0 Å². The van der Waals surface area contributed by atoms with Gasteiger partial charge in [-0.2, -0.15) is 0 Å². The van der Waals surface area contributed by atoms with E-state index >= 15 is 0 Å². The lowest BCUT2D eigenvalue weighted by Crippen LogP contribution is -2.46. The van der Waals surface area contributed by atoms with Crippen molar-refractivity contribution in [1.82, 2.24) is 10.2 Å². The minimum absolute atomic E-state index is 0.223. The molecule has 2 aliphatic heterocycles. The van der Waals surface area contributed by atoms with Gasteiger partial charge >= 0.3 is 0 Å². The molecule has 1 amide bonds. The van der Waals surface area contributed by atoms with Crippen molar-refractivity contribution in [2.45, 2.75) is 27.2 Å². The highest BCUT2D eigenvalue weighted by molar-refractivity contribution is 5.79. The molecule has 92 valence electrons. The van der Waals surface area contributed by atoms with E-state index in [2.05, 4.69) is 31.0 Å². The molecule has 0 bridgehead atoms. The molecule has 3 nitrogen and oxygen atoms in total. The predicted octanol–water partition coefficient (Wildman–Crippen LogP) is 1.35. The molecule has 1 N–H and O–H groups in total. The van der Waals surface area contributed by atoms with Crippen LogP contribution in [0, 0.1) is 23.7 Å². The Morgan fingerprint density at radius 2 is 1.88 bits per heavy atom. The fourth-order valence-electron chi connectivity index (χ4n) is 2.84. The summed E-state index contributed by atoms with van der Waals surface area (Å²) >= 11 is 0. The molecular formula is C13H24N2O. The molecule has 2 saturated heterocycles. The van der Waals surface area contributed by atoms with Crippen molar-refractivity contribution in [2.75, 3.05) is 26.2 Å². The molecule has 2 heterocycles. The number of amides is 1. The van der Waals surface area contributed by atoms with Crippen molar-refractivity contribution in [3.05, 3.63) is 0 Å². The molecule has 4 atom stereocenters. The predicted molar refractivity (Wildman–Crippen MR) is 65.0 cm³/mol. The second-order valence-corrected chi connectivity index (χ2v) is 5.77. The number of carbonyl (C=O) groups is 1. The van der Waals surface area contributed by atoms with Crippen LogP contribution >= 0.6 is 0 Å². The Labute approximate surface area is 98.6 Å². The second-order valence-electron chi connectivity index (χ2n) is 5.77. The number of rotatable bonds is 1. The van der Waals surface area contributed by atoms with Crippen LogP contribution in [0.1, 0.15) is 27.2 Å². The van der Waals surface area contributed by atoms with Gasteiger partial charge in [0.15, 0.2) is 0 Å². The van der Waals surface area contributed by atoms with Crippen molar-refractivity contribution in [1.29, 1.82) is 0 Å². The van der Waals surface area contributed by atoms with Gasteiger partial charge in [0, 0.05) is 19.6 Å². The number of hydrogen-bond donors (Lipinski definition) is 1. The minimum atomic E-state index is 0.223. The molecule has 2 rings (SSSR count). The van der Waals surface area contributed by atoms with E-state index in [0.717, 1.165) is 32.1 Å². The molecule has 0 aromatic rings. The summed E-state index contributed by atoms with van der Waals surface area (Å²) in [5, 5.41) is 3.31. The molecule has 3 heteroatoms. The molecule has 0 aromatic carbocycles. The highest BCUT2D eigenvalue weighted by Gasteiger charge is 2.35. The lowest BCUT2D eigenvalue weighted by atomic mass is 9.87. The average molecular weight is 224 g/mol. The molecule has 2 fully saturated rings. The molecule has 0 aromatic heterocycles. The van der Waals surface area contributed by atoms with E-state index in [1.165, 1.54) is 6.42 Å². The zero-order valence-corrected chi connectivity index (χ0v) is 10.7. The highest BCUT2D eigenvalue weighted by atomic mass is 16.2. The van der Waals surface area contributed by atoms with Crippen LogP contribution in [0.25, 0.3) is 0 Å². The highest BCUT2D eigenvalue weighted by Crippen LogP contribution is 2.26. The first-order chi connectivity index (χ1) is 7.59. The van der Waals surface area contributed by atoms with Crippen LogP contribution in [-0.4, -0.2) is 37.0 Å². The summed E-state index contributed by atoms with van der Waals surface area (Å²) in [5.74, 6) is 2.53. The zero-order chi connectivity index (χ0) is 11.7. The fraction of sp³-hybridized carbons (Fsp3) is 0.923. The van der Waals surface area contributed by atoms with Gasteiger partial charge in [-0.15, -0.1) is 0 Å². The molecule has 4 unspecified atom stereocenters. The van der Waals surface area contributed by atoms with Crippen LogP contribution < -0.4 is 5.32 Å². The van der Waals surface area contributed by atoms with Crippen molar-refractivity contribution >= 4 is 5.91 Å². The summed E-state index contributed by atoms with van der Waals surface area (Å²) in [7, 11) is 0. The van der Waals surface area contributed by atoms with Crippen LogP contribution in [0.2, 0.25) is 0 Å². The van der Waals surface area contributed by atoms with Gasteiger partial charge in [-0.05, 0) is 30.7 Å². The minimum Gasteiger partial charge on any atom is -0.342 e. The number of nitrogens with one attached hydrogen (secondary N) is 1. The summed E-state index contributed by atoms with van der Waals surface area (Å²) < 4.78 is 0. The summed E-state index contributed by atoms with van der Waals surface area (Å²) in [6.07, 6.45) is 1.17. The molecule has 0 aliphatic carbocycles. The van der Waals surface area contributed by atoms with Crippen LogP contribution in [0.5, 0.6) is 0 Å². The third-order valence-corrected chi connectivity index (χ3v) is 4.48. The Kier molecular flexibility index (Phi) is 3.53. The zero-order valence-electron chi connectivity index (χ0n) is 10.7. The molecule has 0 saturated carbocycles. The smallest absolute Gasteiger partial charge is 0.227 e. The van der Waals surface area contributed by atoms with Gasteiger partial charge in [0.1, 0.15) is 0 Å². The van der Waals surface area contributed by atoms with Gasteiger partial charge in [-0.3, -0.25) is 4.79 Å². The standard InChI is InChI=1S/C13H24N2O/c1-9-4-5-15(8-11(9)3)13(16)12-7-14-6-10(12)2/h9-12,14H,4-8H2,1-3H3. The monoisotopic (exact) mass is 224 g/mol. The lowest BCUT2D eigenvalue weighted by Gasteiger charge is -2.37. The van der Waals surface area contributed by atoms with Crippen LogP contribution in [0.15, 0.2) is 0 Å². The van der Waals surface area contributed by atoms with Crippen LogP contribution in [0.4, 0.5) is 0 Å². The largest absolute Gasteiger partial charge is 0.342 e. The maximum absolute atomic E-state index is 12.3.